The van der Waals surface area contributed by atoms with E-state index in [4.69, 9.17) is 14.2 Å². The summed E-state index contributed by atoms with van der Waals surface area (Å²) in [6.45, 7) is 1.98. The van der Waals surface area contributed by atoms with Gasteiger partial charge >= 0.3 is 11.9 Å². The number of hydrogen-bond acceptors (Lipinski definition) is 7. The summed E-state index contributed by atoms with van der Waals surface area (Å²) in [4.78, 5) is 23.7. The lowest BCUT2D eigenvalue weighted by Crippen LogP contribution is -2.14. The highest BCUT2D eigenvalue weighted by Crippen LogP contribution is 2.43. The summed E-state index contributed by atoms with van der Waals surface area (Å²) in [6.07, 6.45) is 3.42. The first kappa shape index (κ1) is 17.4. The van der Waals surface area contributed by atoms with Crippen molar-refractivity contribution in [1.82, 2.24) is 0 Å². The zero-order valence-corrected chi connectivity index (χ0v) is 14.8. The number of carbonyl (C=O) groups excluding carboxylic acids is 2. The molecule has 1 aromatic rings. The Balaban J connectivity index is 1.90. The van der Waals surface area contributed by atoms with Crippen LogP contribution in [0.5, 0.6) is 11.5 Å². The van der Waals surface area contributed by atoms with Crippen LogP contribution in [0, 0.1) is 12.8 Å². The predicted molar refractivity (Wildman–Crippen MR) is 92.8 cm³/mol. The van der Waals surface area contributed by atoms with Crippen LogP contribution in [0.3, 0.4) is 0 Å². The van der Waals surface area contributed by atoms with E-state index in [2.05, 4.69) is 12.2 Å². The Hall–Kier alpha value is -2.41. The largest absolute Gasteiger partial charge is 0.507 e. The van der Waals surface area contributed by atoms with Crippen molar-refractivity contribution in [2.45, 2.75) is 32.8 Å². The number of ether oxygens (including phenoxy) is 3. The molecule has 132 valence electrons. The number of fused-ring (bicyclic) bond motifs is 1. The number of cyclic esters (lactones) is 1. The van der Waals surface area contributed by atoms with Crippen LogP contribution < -0.4 is 4.74 Å². The first-order valence-electron chi connectivity index (χ1n) is 7.88. The molecule has 1 heterocycles. The SMILES string of the molecule is COc1c(C)c2c(c(O)c1CC1=CCC(C(=O)OC=S)C1)C(=O)OC2. The fourth-order valence-corrected chi connectivity index (χ4v) is 3.58. The fourth-order valence-electron chi connectivity index (χ4n) is 3.49. The van der Waals surface area contributed by atoms with Crippen molar-refractivity contribution in [3.63, 3.8) is 0 Å². The van der Waals surface area contributed by atoms with Crippen molar-refractivity contribution in [1.29, 1.82) is 0 Å². The van der Waals surface area contributed by atoms with E-state index >= 15 is 0 Å². The number of methoxy groups -OCH3 is 1. The minimum absolute atomic E-state index is 0.106. The van der Waals surface area contributed by atoms with Gasteiger partial charge in [0, 0.05) is 17.5 Å². The van der Waals surface area contributed by atoms with Crippen molar-refractivity contribution < 1.29 is 28.9 Å². The normalized spacial score (nSPS) is 18.4. The third kappa shape index (κ3) is 3.00. The number of phenols is 1. The van der Waals surface area contributed by atoms with Gasteiger partial charge < -0.3 is 19.3 Å². The molecule has 1 atom stereocenters. The van der Waals surface area contributed by atoms with Crippen LogP contribution in [0.1, 0.15) is 39.9 Å². The average Bonchev–Trinajstić information content (AvgIpc) is 3.20. The van der Waals surface area contributed by atoms with Crippen molar-refractivity contribution >= 4 is 29.7 Å². The van der Waals surface area contributed by atoms with Crippen molar-refractivity contribution in [3.05, 3.63) is 33.9 Å². The predicted octanol–water partition coefficient (Wildman–Crippen LogP) is 2.76. The second-order valence-electron chi connectivity index (χ2n) is 6.12. The lowest BCUT2D eigenvalue weighted by Gasteiger charge is -2.17. The molecule has 1 unspecified atom stereocenters. The van der Waals surface area contributed by atoms with Crippen molar-refractivity contribution in [2.24, 2.45) is 5.92 Å². The summed E-state index contributed by atoms with van der Waals surface area (Å²) in [6, 6.07) is 0. The van der Waals surface area contributed by atoms with E-state index in [9.17, 15) is 14.7 Å². The van der Waals surface area contributed by atoms with E-state index in [1.807, 2.05) is 13.0 Å². The Morgan fingerprint density at radius 3 is 2.96 bits per heavy atom. The van der Waals surface area contributed by atoms with Gasteiger partial charge in [-0.15, -0.1) is 0 Å². The smallest absolute Gasteiger partial charge is 0.342 e. The van der Waals surface area contributed by atoms with Gasteiger partial charge in [0.05, 0.1) is 13.0 Å². The molecule has 0 aromatic heterocycles. The number of rotatable bonds is 5. The summed E-state index contributed by atoms with van der Waals surface area (Å²) in [5.74, 6) is -0.720. The van der Waals surface area contributed by atoms with E-state index in [1.54, 1.807) is 0 Å². The summed E-state index contributed by atoms with van der Waals surface area (Å²) < 4.78 is 15.3. The van der Waals surface area contributed by atoms with Crippen molar-refractivity contribution in [2.75, 3.05) is 7.11 Å². The molecule has 1 N–H and O–H groups in total. The summed E-state index contributed by atoms with van der Waals surface area (Å²) in [5.41, 5.74) is 4.13. The van der Waals surface area contributed by atoms with Gasteiger partial charge in [0.2, 0.25) is 0 Å². The number of hydrogen-bond donors (Lipinski definition) is 1. The topological polar surface area (TPSA) is 82.1 Å². The van der Waals surface area contributed by atoms with Crippen LogP contribution in [0.15, 0.2) is 11.6 Å². The Morgan fingerprint density at radius 1 is 1.52 bits per heavy atom. The van der Waals surface area contributed by atoms with E-state index in [0.29, 0.717) is 36.1 Å². The van der Waals surface area contributed by atoms with Gasteiger partial charge in [-0.25, -0.2) is 4.79 Å². The lowest BCUT2D eigenvalue weighted by atomic mass is 9.92. The number of allylic oxidation sites excluding steroid dienone is 2. The fraction of sp³-hybridized carbons (Fsp3) is 0.389. The lowest BCUT2D eigenvalue weighted by molar-refractivity contribution is -0.139. The minimum atomic E-state index is -0.526. The maximum atomic E-state index is 11.9. The van der Waals surface area contributed by atoms with Gasteiger partial charge in [0.15, 0.2) is 5.55 Å². The highest BCUT2D eigenvalue weighted by Gasteiger charge is 2.33. The summed E-state index contributed by atoms with van der Waals surface area (Å²) in [5, 5.41) is 10.6. The molecule has 1 aliphatic carbocycles. The van der Waals surface area contributed by atoms with Crippen molar-refractivity contribution in [3.8, 4) is 11.5 Å². The molecule has 0 bridgehead atoms. The maximum absolute atomic E-state index is 11.9. The molecule has 0 amide bonds. The van der Waals surface area contributed by atoms with Crippen LogP contribution in [0.4, 0.5) is 0 Å². The molecule has 0 saturated carbocycles. The zero-order valence-electron chi connectivity index (χ0n) is 14.0. The first-order valence-corrected chi connectivity index (χ1v) is 8.35. The molecule has 0 fully saturated rings. The molecule has 3 rings (SSSR count). The van der Waals surface area contributed by atoms with Crippen LogP contribution in [-0.4, -0.2) is 29.7 Å². The van der Waals surface area contributed by atoms with Gasteiger partial charge in [-0.05, 0) is 37.5 Å². The molecule has 0 radical (unpaired) electrons. The number of thiocarbonyl (C=S) groups is 1. The van der Waals surface area contributed by atoms with E-state index in [-0.39, 0.29) is 29.8 Å². The third-order valence-corrected chi connectivity index (χ3v) is 4.84. The number of carbonyl (C=O) groups is 2. The summed E-state index contributed by atoms with van der Waals surface area (Å²) in [7, 11) is 1.53. The molecule has 0 spiro atoms. The second-order valence-corrected chi connectivity index (χ2v) is 6.32. The first-order chi connectivity index (χ1) is 12.0. The molecule has 25 heavy (non-hydrogen) atoms. The van der Waals surface area contributed by atoms with E-state index in [0.717, 1.165) is 16.7 Å². The zero-order chi connectivity index (χ0) is 18.1. The number of benzene rings is 1. The summed E-state index contributed by atoms with van der Waals surface area (Å²) >= 11 is 4.54. The minimum Gasteiger partial charge on any atom is -0.507 e. The molecular formula is C18H18O6S. The molecule has 6 nitrogen and oxygen atoms in total. The Labute approximate surface area is 150 Å². The maximum Gasteiger partial charge on any atom is 0.342 e. The van der Waals surface area contributed by atoms with Gasteiger partial charge in [-0.2, -0.15) is 0 Å². The highest BCUT2D eigenvalue weighted by atomic mass is 32.1. The number of esters is 2. The Morgan fingerprint density at radius 2 is 2.28 bits per heavy atom. The Kier molecular flexibility index (Phi) is 4.76. The number of phenolic OH excluding ortho intramolecular Hbond substituents is 1. The van der Waals surface area contributed by atoms with Crippen LogP contribution in [0.25, 0.3) is 0 Å². The average molecular weight is 362 g/mol. The van der Waals surface area contributed by atoms with E-state index in [1.165, 1.54) is 7.11 Å². The molecule has 1 aromatic carbocycles. The molecule has 2 aliphatic rings. The second kappa shape index (κ2) is 6.84. The number of aromatic hydroxyl groups is 1. The molecule has 0 saturated heterocycles. The van der Waals surface area contributed by atoms with Gasteiger partial charge in [0.25, 0.3) is 0 Å². The van der Waals surface area contributed by atoms with Crippen LogP contribution in [-0.2, 0) is 27.3 Å². The van der Waals surface area contributed by atoms with E-state index < -0.39 is 5.97 Å². The molecular weight excluding hydrogens is 344 g/mol. The molecule has 7 heteroatoms. The van der Waals surface area contributed by atoms with Crippen LogP contribution in [0.2, 0.25) is 0 Å². The monoisotopic (exact) mass is 362 g/mol. The quantitative estimate of drug-likeness (QED) is 0.490. The molecule has 1 aliphatic heterocycles. The standard InChI is InChI=1S/C18H18O6S/c1-9-13-7-23-18(21)14(13)15(19)12(16(9)22-2)6-10-3-4-11(5-10)17(20)24-8-25/h3,8,11,19H,4-7H2,1-2H3. The van der Waals surface area contributed by atoms with Crippen LogP contribution >= 0.6 is 12.2 Å². The van der Waals surface area contributed by atoms with Gasteiger partial charge in [0.1, 0.15) is 23.7 Å². The highest BCUT2D eigenvalue weighted by molar-refractivity contribution is 7.78. The third-order valence-electron chi connectivity index (χ3n) is 4.75. The Bertz CT molecular complexity index is 795. The van der Waals surface area contributed by atoms with Gasteiger partial charge in [-0.1, -0.05) is 11.6 Å². The van der Waals surface area contributed by atoms with Gasteiger partial charge in [-0.3, -0.25) is 4.79 Å².